The van der Waals surface area contributed by atoms with Gasteiger partial charge < -0.3 is 15.8 Å². The molecule has 0 radical (unpaired) electrons. The lowest BCUT2D eigenvalue weighted by molar-refractivity contribution is -0.116. The van der Waals surface area contributed by atoms with Crippen molar-refractivity contribution >= 4 is 40.5 Å². The molecule has 1 saturated heterocycles. The largest absolute Gasteiger partial charge is 0.397 e. The molecule has 2 rings (SSSR count). The summed E-state index contributed by atoms with van der Waals surface area (Å²) in [6.45, 7) is 3.85. The molecule has 0 unspecified atom stereocenters. The van der Waals surface area contributed by atoms with E-state index in [0.717, 1.165) is 26.3 Å². The number of nitrogens with zero attached hydrogens (tertiary/aromatic N) is 1. The number of amides is 1. The average Bonchev–Trinajstić information content (AvgIpc) is 2.42. The van der Waals surface area contributed by atoms with Gasteiger partial charge >= 0.3 is 0 Å². The molecule has 0 aromatic heterocycles. The van der Waals surface area contributed by atoms with Gasteiger partial charge in [0.1, 0.15) is 0 Å². The number of carbonyl (C=O) groups excluding carboxylic acids is 1. The number of carbonyl (C=O) groups is 1. The Bertz CT molecular complexity index is 467. The van der Waals surface area contributed by atoms with Gasteiger partial charge in [0.15, 0.2) is 0 Å². The molecule has 7 heteroatoms. The number of hydrogen-bond acceptors (Lipinski definition) is 4. The van der Waals surface area contributed by atoms with Gasteiger partial charge in [-0.15, -0.1) is 0 Å². The summed E-state index contributed by atoms with van der Waals surface area (Å²) < 4.78 is 5.26. The minimum Gasteiger partial charge on any atom is -0.397 e. The van der Waals surface area contributed by atoms with Crippen LogP contribution >= 0.6 is 23.2 Å². The highest BCUT2D eigenvalue weighted by molar-refractivity contribution is 6.37. The van der Waals surface area contributed by atoms with E-state index in [1.165, 1.54) is 0 Å². The Morgan fingerprint density at radius 3 is 2.70 bits per heavy atom. The Morgan fingerprint density at radius 2 is 2.05 bits per heavy atom. The molecule has 1 heterocycles. The van der Waals surface area contributed by atoms with Crippen molar-refractivity contribution in [1.29, 1.82) is 0 Å². The number of hydrogen-bond donors (Lipinski definition) is 2. The lowest BCUT2D eigenvalue weighted by Crippen LogP contribution is -2.38. The molecular weight excluding hydrogens is 301 g/mol. The van der Waals surface area contributed by atoms with Crippen LogP contribution in [0.15, 0.2) is 12.1 Å². The summed E-state index contributed by atoms with van der Waals surface area (Å²) in [4.78, 5) is 14.1. The molecule has 1 amide bonds. The van der Waals surface area contributed by atoms with Crippen molar-refractivity contribution < 1.29 is 9.53 Å². The molecule has 110 valence electrons. The van der Waals surface area contributed by atoms with Crippen molar-refractivity contribution in [2.24, 2.45) is 0 Å². The van der Waals surface area contributed by atoms with Crippen molar-refractivity contribution in [3.05, 3.63) is 22.2 Å². The second-order valence-corrected chi connectivity index (χ2v) is 5.45. The fourth-order valence-corrected chi connectivity index (χ4v) is 2.57. The monoisotopic (exact) mass is 317 g/mol. The van der Waals surface area contributed by atoms with Crippen molar-refractivity contribution in [2.75, 3.05) is 43.9 Å². The second kappa shape index (κ2) is 7.13. The number of rotatable bonds is 4. The number of morpholine rings is 1. The van der Waals surface area contributed by atoms with Gasteiger partial charge in [0.25, 0.3) is 0 Å². The van der Waals surface area contributed by atoms with E-state index in [4.69, 9.17) is 33.7 Å². The second-order valence-electron chi connectivity index (χ2n) is 4.60. The fraction of sp³-hybridized carbons (Fsp3) is 0.462. The van der Waals surface area contributed by atoms with E-state index in [2.05, 4.69) is 10.2 Å². The zero-order chi connectivity index (χ0) is 14.5. The quantitative estimate of drug-likeness (QED) is 0.836. The van der Waals surface area contributed by atoms with Gasteiger partial charge in [0.2, 0.25) is 5.91 Å². The Balaban J connectivity index is 1.88. The van der Waals surface area contributed by atoms with E-state index in [0.29, 0.717) is 34.4 Å². The third-order valence-corrected chi connectivity index (χ3v) is 3.63. The predicted octanol–water partition coefficient (Wildman–Crippen LogP) is 2.24. The summed E-state index contributed by atoms with van der Waals surface area (Å²) in [5, 5.41) is 3.52. The Labute approximate surface area is 128 Å². The number of ether oxygens (including phenoxy) is 1. The highest BCUT2D eigenvalue weighted by Gasteiger charge is 2.14. The summed E-state index contributed by atoms with van der Waals surface area (Å²) >= 11 is 11.8. The molecule has 1 aliphatic heterocycles. The standard InChI is InChI=1S/C13H17Cl2N3O2/c14-9-7-10(15)13(11(16)8-9)17-12(19)1-2-18-3-5-20-6-4-18/h7-8H,1-6,16H2,(H,17,19). The Hall–Kier alpha value is -1.01. The van der Waals surface area contributed by atoms with Crippen LogP contribution in [-0.2, 0) is 9.53 Å². The maximum absolute atomic E-state index is 11.9. The summed E-state index contributed by atoms with van der Waals surface area (Å²) in [6.07, 6.45) is 0.387. The first-order valence-electron chi connectivity index (χ1n) is 6.41. The fourth-order valence-electron chi connectivity index (χ4n) is 2.01. The van der Waals surface area contributed by atoms with Crippen molar-refractivity contribution in [1.82, 2.24) is 4.90 Å². The molecule has 0 atom stereocenters. The molecule has 1 aromatic carbocycles. The van der Waals surface area contributed by atoms with Crippen molar-refractivity contribution in [2.45, 2.75) is 6.42 Å². The smallest absolute Gasteiger partial charge is 0.225 e. The number of nitrogens with one attached hydrogen (secondary N) is 1. The third kappa shape index (κ3) is 4.24. The predicted molar refractivity (Wildman–Crippen MR) is 81.4 cm³/mol. The van der Waals surface area contributed by atoms with E-state index >= 15 is 0 Å². The number of benzene rings is 1. The van der Waals surface area contributed by atoms with Gasteiger partial charge in [-0.05, 0) is 12.1 Å². The molecule has 3 N–H and O–H groups in total. The number of nitrogen functional groups attached to an aromatic ring is 1. The molecule has 0 saturated carbocycles. The van der Waals surface area contributed by atoms with Crippen LogP contribution in [0.3, 0.4) is 0 Å². The number of anilines is 2. The zero-order valence-electron chi connectivity index (χ0n) is 11.0. The summed E-state index contributed by atoms with van der Waals surface area (Å²) in [6, 6.07) is 3.11. The van der Waals surface area contributed by atoms with E-state index in [1.807, 2.05) is 0 Å². The molecule has 0 bridgehead atoms. The van der Waals surface area contributed by atoms with Gasteiger partial charge in [-0.3, -0.25) is 9.69 Å². The van der Waals surface area contributed by atoms with E-state index in [1.54, 1.807) is 12.1 Å². The molecular formula is C13H17Cl2N3O2. The van der Waals surface area contributed by atoms with Crippen LogP contribution in [-0.4, -0.2) is 43.7 Å². The van der Waals surface area contributed by atoms with Crippen LogP contribution < -0.4 is 11.1 Å². The molecule has 1 fully saturated rings. The SMILES string of the molecule is Nc1cc(Cl)cc(Cl)c1NC(=O)CCN1CCOCC1. The molecule has 1 aliphatic rings. The Kier molecular flexibility index (Phi) is 5.48. The van der Waals surface area contributed by atoms with E-state index in [9.17, 15) is 4.79 Å². The lowest BCUT2D eigenvalue weighted by Gasteiger charge is -2.26. The third-order valence-electron chi connectivity index (χ3n) is 3.11. The van der Waals surface area contributed by atoms with Crippen LogP contribution in [0.25, 0.3) is 0 Å². The highest BCUT2D eigenvalue weighted by atomic mass is 35.5. The number of nitrogens with two attached hydrogens (primary N) is 1. The summed E-state index contributed by atoms with van der Waals surface area (Å²) in [7, 11) is 0. The minimum atomic E-state index is -0.118. The average molecular weight is 318 g/mol. The highest BCUT2D eigenvalue weighted by Crippen LogP contribution is 2.32. The van der Waals surface area contributed by atoms with Crippen molar-refractivity contribution in [3.8, 4) is 0 Å². The van der Waals surface area contributed by atoms with Gasteiger partial charge in [0, 0.05) is 31.1 Å². The lowest BCUT2D eigenvalue weighted by atomic mass is 10.2. The molecule has 1 aromatic rings. The zero-order valence-corrected chi connectivity index (χ0v) is 12.5. The molecule has 5 nitrogen and oxygen atoms in total. The van der Waals surface area contributed by atoms with Crippen LogP contribution in [0.1, 0.15) is 6.42 Å². The first-order valence-corrected chi connectivity index (χ1v) is 7.16. The van der Waals surface area contributed by atoms with Crippen LogP contribution in [0, 0.1) is 0 Å². The molecule has 0 spiro atoms. The van der Waals surface area contributed by atoms with Gasteiger partial charge in [0.05, 0.1) is 29.6 Å². The molecule has 0 aliphatic carbocycles. The molecule has 20 heavy (non-hydrogen) atoms. The van der Waals surface area contributed by atoms with Gasteiger partial charge in [-0.2, -0.15) is 0 Å². The summed E-state index contributed by atoms with van der Waals surface area (Å²) in [5.74, 6) is -0.118. The van der Waals surface area contributed by atoms with Crippen LogP contribution in [0.5, 0.6) is 0 Å². The van der Waals surface area contributed by atoms with Crippen LogP contribution in [0.2, 0.25) is 10.0 Å². The van der Waals surface area contributed by atoms with E-state index in [-0.39, 0.29) is 5.91 Å². The van der Waals surface area contributed by atoms with Gasteiger partial charge in [-0.1, -0.05) is 23.2 Å². The first-order chi connectivity index (χ1) is 9.56. The maximum atomic E-state index is 11.9. The summed E-state index contributed by atoms with van der Waals surface area (Å²) in [5.41, 5.74) is 6.58. The number of halogens is 2. The van der Waals surface area contributed by atoms with Crippen LogP contribution in [0.4, 0.5) is 11.4 Å². The minimum absolute atomic E-state index is 0.118. The Morgan fingerprint density at radius 1 is 1.35 bits per heavy atom. The maximum Gasteiger partial charge on any atom is 0.225 e. The normalized spacial score (nSPS) is 16.1. The first kappa shape index (κ1) is 15.4. The van der Waals surface area contributed by atoms with E-state index < -0.39 is 0 Å². The van der Waals surface area contributed by atoms with Crippen molar-refractivity contribution in [3.63, 3.8) is 0 Å². The van der Waals surface area contributed by atoms with Gasteiger partial charge in [-0.25, -0.2) is 0 Å². The topological polar surface area (TPSA) is 67.6 Å².